The molecule has 2 N–H and O–H groups in total. The van der Waals surface area contributed by atoms with E-state index in [1.54, 1.807) is 25.6 Å². The summed E-state index contributed by atoms with van der Waals surface area (Å²) in [5.74, 6) is 2.22. The van der Waals surface area contributed by atoms with Gasteiger partial charge in [0.25, 0.3) is 0 Å². The Hall–Kier alpha value is -2.28. The van der Waals surface area contributed by atoms with Gasteiger partial charge in [-0.3, -0.25) is 0 Å². The van der Waals surface area contributed by atoms with Crippen molar-refractivity contribution in [2.45, 2.75) is 26.8 Å². The fourth-order valence-electron chi connectivity index (χ4n) is 2.39. The highest BCUT2D eigenvalue weighted by Gasteiger charge is 2.09. The lowest BCUT2D eigenvalue weighted by Gasteiger charge is -2.13. The molecule has 0 aliphatic heterocycles. The van der Waals surface area contributed by atoms with Gasteiger partial charge in [0.15, 0.2) is 17.5 Å². The maximum Gasteiger partial charge on any atom is 0.191 e. The van der Waals surface area contributed by atoms with Crippen LogP contribution < -0.4 is 20.1 Å². The topological polar surface area (TPSA) is 67.8 Å². The van der Waals surface area contributed by atoms with Crippen molar-refractivity contribution in [1.29, 1.82) is 0 Å². The van der Waals surface area contributed by atoms with Crippen LogP contribution in [0.2, 0.25) is 0 Å². The van der Waals surface area contributed by atoms with E-state index in [1.165, 1.54) is 4.88 Å². The first-order chi connectivity index (χ1) is 12.2. The van der Waals surface area contributed by atoms with E-state index in [0.29, 0.717) is 12.3 Å². The number of hydrogen-bond acceptors (Lipinski definition) is 5. The number of hydrogen-bond donors (Lipinski definition) is 2. The summed E-state index contributed by atoms with van der Waals surface area (Å²) in [7, 11) is 3.28. The summed E-state index contributed by atoms with van der Waals surface area (Å²) in [6.07, 6.45) is 2.79. The minimum atomic E-state index is 0.506. The number of nitrogens with zero attached hydrogens (tertiary/aromatic N) is 2. The van der Waals surface area contributed by atoms with Crippen molar-refractivity contribution in [3.8, 4) is 11.5 Å². The molecule has 0 spiro atoms. The number of aryl methyl sites for hydroxylation is 1. The molecule has 0 radical (unpaired) electrons. The van der Waals surface area contributed by atoms with Gasteiger partial charge in [-0.2, -0.15) is 0 Å². The Morgan fingerprint density at radius 3 is 2.72 bits per heavy atom. The second-order valence-electron chi connectivity index (χ2n) is 5.39. The number of thiazole rings is 1. The van der Waals surface area contributed by atoms with Gasteiger partial charge in [0, 0.05) is 36.1 Å². The van der Waals surface area contributed by atoms with Gasteiger partial charge in [-0.1, -0.05) is 12.1 Å². The molecule has 0 aliphatic rings. The van der Waals surface area contributed by atoms with E-state index in [0.717, 1.165) is 41.8 Å². The van der Waals surface area contributed by atoms with Gasteiger partial charge >= 0.3 is 0 Å². The Balaban J connectivity index is 1.99. The lowest BCUT2D eigenvalue weighted by Crippen LogP contribution is -2.38. The SMILES string of the molecule is CCNC(=NCc1cccc(OC)c1OC)NCCc1ncc(C)s1. The molecular formula is C18H26N4O2S. The second kappa shape index (κ2) is 9.88. The van der Waals surface area contributed by atoms with Crippen molar-refractivity contribution in [1.82, 2.24) is 15.6 Å². The van der Waals surface area contributed by atoms with E-state index >= 15 is 0 Å². The number of nitrogens with one attached hydrogen (secondary N) is 2. The highest BCUT2D eigenvalue weighted by Crippen LogP contribution is 2.30. The highest BCUT2D eigenvalue weighted by atomic mass is 32.1. The fraction of sp³-hybridized carbons (Fsp3) is 0.444. The molecule has 2 rings (SSSR count). The van der Waals surface area contributed by atoms with Crippen LogP contribution in [0.4, 0.5) is 0 Å². The molecular weight excluding hydrogens is 336 g/mol. The monoisotopic (exact) mass is 362 g/mol. The predicted molar refractivity (Wildman–Crippen MR) is 103 cm³/mol. The molecule has 0 saturated heterocycles. The van der Waals surface area contributed by atoms with Gasteiger partial charge in [-0.25, -0.2) is 9.98 Å². The second-order valence-corrected chi connectivity index (χ2v) is 6.71. The minimum Gasteiger partial charge on any atom is -0.493 e. The van der Waals surface area contributed by atoms with Crippen LogP contribution in [0.25, 0.3) is 0 Å². The predicted octanol–water partition coefficient (Wildman–Crippen LogP) is 2.77. The zero-order valence-electron chi connectivity index (χ0n) is 15.3. The Morgan fingerprint density at radius 1 is 1.24 bits per heavy atom. The van der Waals surface area contributed by atoms with Gasteiger partial charge < -0.3 is 20.1 Å². The summed E-state index contributed by atoms with van der Waals surface area (Å²) in [5, 5.41) is 7.74. The van der Waals surface area contributed by atoms with Crippen LogP contribution in [-0.2, 0) is 13.0 Å². The van der Waals surface area contributed by atoms with Crippen molar-refractivity contribution < 1.29 is 9.47 Å². The average Bonchev–Trinajstić information content (AvgIpc) is 3.04. The zero-order valence-corrected chi connectivity index (χ0v) is 16.1. The molecule has 136 valence electrons. The van der Waals surface area contributed by atoms with Gasteiger partial charge in [-0.05, 0) is 19.9 Å². The molecule has 0 fully saturated rings. The van der Waals surface area contributed by atoms with E-state index in [2.05, 4.69) is 27.5 Å². The highest BCUT2D eigenvalue weighted by molar-refractivity contribution is 7.11. The number of rotatable bonds is 8. The fourth-order valence-corrected chi connectivity index (χ4v) is 3.18. The van der Waals surface area contributed by atoms with Crippen LogP contribution in [0, 0.1) is 6.92 Å². The number of ether oxygens (including phenoxy) is 2. The molecule has 0 bridgehead atoms. The summed E-state index contributed by atoms with van der Waals surface area (Å²) >= 11 is 1.73. The van der Waals surface area contributed by atoms with Crippen LogP contribution in [0.15, 0.2) is 29.4 Å². The molecule has 25 heavy (non-hydrogen) atoms. The van der Waals surface area contributed by atoms with Crippen LogP contribution in [0.1, 0.15) is 22.4 Å². The van der Waals surface area contributed by atoms with Crippen LogP contribution in [0.5, 0.6) is 11.5 Å². The summed E-state index contributed by atoms with van der Waals surface area (Å²) < 4.78 is 10.8. The maximum absolute atomic E-state index is 5.46. The van der Waals surface area contributed by atoms with E-state index in [1.807, 2.05) is 31.3 Å². The lowest BCUT2D eigenvalue weighted by molar-refractivity contribution is 0.352. The van der Waals surface area contributed by atoms with Gasteiger partial charge in [0.1, 0.15) is 0 Å². The molecule has 0 unspecified atom stereocenters. The Bertz CT molecular complexity index is 700. The number of para-hydroxylation sites is 1. The number of aromatic nitrogens is 1. The molecule has 0 aliphatic carbocycles. The number of guanidine groups is 1. The molecule has 1 aromatic heterocycles. The number of methoxy groups -OCH3 is 2. The summed E-state index contributed by atoms with van der Waals surface area (Å²) in [4.78, 5) is 10.3. The van der Waals surface area contributed by atoms with E-state index in [4.69, 9.17) is 9.47 Å². The Kier molecular flexibility index (Phi) is 7.53. The third kappa shape index (κ3) is 5.63. The molecule has 0 amide bonds. The first-order valence-electron chi connectivity index (χ1n) is 8.31. The third-order valence-corrected chi connectivity index (χ3v) is 4.51. The van der Waals surface area contributed by atoms with E-state index < -0.39 is 0 Å². The van der Waals surface area contributed by atoms with Crippen molar-refractivity contribution in [3.05, 3.63) is 39.8 Å². The first kappa shape index (κ1) is 19.1. The third-order valence-electron chi connectivity index (χ3n) is 3.54. The van der Waals surface area contributed by atoms with Gasteiger partial charge in [0.05, 0.1) is 25.8 Å². The average molecular weight is 362 g/mol. The van der Waals surface area contributed by atoms with Gasteiger partial charge in [-0.15, -0.1) is 11.3 Å². The standard InChI is InChI=1S/C18H26N4O2S/c1-5-19-18(20-10-9-16-21-11-13(2)25-16)22-12-14-7-6-8-15(23-3)17(14)24-4/h6-8,11H,5,9-10,12H2,1-4H3,(H2,19,20,22). The van der Waals surface area contributed by atoms with Gasteiger partial charge in [0.2, 0.25) is 0 Å². The smallest absolute Gasteiger partial charge is 0.191 e. The van der Waals surface area contributed by atoms with Crippen molar-refractivity contribution in [2.24, 2.45) is 4.99 Å². The molecule has 1 heterocycles. The molecule has 0 atom stereocenters. The molecule has 6 nitrogen and oxygen atoms in total. The normalized spacial score (nSPS) is 11.3. The minimum absolute atomic E-state index is 0.506. The zero-order chi connectivity index (χ0) is 18.1. The Labute approximate surface area is 153 Å². The molecule has 1 aromatic carbocycles. The molecule has 7 heteroatoms. The van der Waals surface area contributed by atoms with E-state index in [9.17, 15) is 0 Å². The quantitative estimate of drug-likeness (QED) is 0.558. The lowest BCUT2D eigenvalue weighted by atomic mass is 10.2. The van der Waals surface area contributed by atoms with Crippen LogP contribution in [0.3, 0.4) is 0 Å². The van der Waals surface area contributed by atoms with Crippen LogP contribution >= 0.6 is 11.3 Å². The summed E-state index contributed by atoms with van der Waals surface area (Å²) in [6, 6.07) is 5.82. The summed E-state index contributed by atoms with van der Waals surface area (Å²) in [5.41, 5.74) is 0.981. The molecule has 2 aromatic rings. The largest absolute Gasteiger partial charge is 0.493 e. The molecule has 0 saturated carbocycles. The van der Waals surface area contributed by atoms with Crippen molar-refractivity contribution in [3.63, 3.8) is 0 Å². The summed E-state index contributed by atoms with van der Waals surface area (Å²) in [6.45, 7) is 6.21. The Morgan fingerprint density at radius 2 is 2.08 bits per heavy atom. The first-order valence-corrected chi connectivity index (χ1v) is 9.13. The van der Waals surface area contributed by atoms with Crippen LogP contribution in [-0.4, -0.2) is 38.3 Å². The number of aliphatic imine (C=N–C) groups is 1. The van der Waals surface area contributed by atoms with Crippen molar-refractivity contribution in [2.75, 3.05) is 27.3 Å². The van der Waals surface area contributed by atoms with Crippen molar-refractivity contribution >= 4 is 17.3 Å². The number of benzene rings is 1. The maximum atomic E-state index is 5.46. The van der Waals surface area contributed by atoms with E-state index in [-0.39, 0.29) is 0 Å².